The van der Waals surface area contributed by atoms with E-state index in [1.54, 1.807) is 54.9 Å². The molecule has 1 fully saturated rings. The molecule has 0 aliphatic carbocycles. The number of aliphatic hydroxyl groups excluding tert-OH is 1. The van der Waals surface area contributed by atoms with Crippen molar-refractivity contribution >= 4 is 17.4 Å². The van der Waals surface area contributed by atoms with Gasteiger partial charge in [-0.3, -0.25) is 14.6 Å². The summed E-state index contributed by atoms with van der Waals surface area (Å²) in [6.07, 6.45) is 3.27. The Balaban J connectivity index is 1.37. The van der Waals surface area contributed by atoms with Crippen molar-refractivity contribution in [1.82, 2.24) is 9.88 Å². The number of pyridine rings is 1. The second-order valence-electron chi connectivity index (χ2n) is 9.48. The molecule has 2 aliphatic heterocycles. The molecular weight excluding hydrogens is 508 g/mol. The quantitative estimate of drug-likeness (QED) is 0.201. The molecule has 1 N–H and O–H groups in total. The van der Waals surface area contributed by atoms with Crippen LogP contribution in [0.4, 0.5) is 0 Å². The number of aliphatic hydroxyl groups is 1. The van der Waals surface area contributed by atoms with E-state index >= 15 is 0 Å². The minimum atomic E-state index is -0.815. The molecule has 0 radical (unpaired) electrons. The van der Waals surface area contributed by atoms with E-state index in [2.05, 4.69) is 4.98 Å². The zero-order chi connectivity index (χ0) is 27.5. The molecule has 40 heavy (non-hydrogen) atoms. The van der Waals surface area contributed by atoms with Gasteiger partial charge in [-0.15, -0.1) is 0 Å². The number of benzene rings is 3. The van der Waals surface area contributed by atoms with Crippen LogP contribution in [0.15, 0.2) is 103 Å². The van der Waals surface area contributed by atoms with Crippen LogP contribution in [0.5, 0.6) is 17.2 Å². The molecule has 6 rings (SSSR count). The fraction of sp³-hybridized carbons (Fsp3) is 0.156. The Labute approximate surface area is 231 Å². The number of Topliss-reactive ketones (excluding diaryl/α,β-unsaturated/α-hetero) is 1. The van der Waals surface area contributed by atoms with Crippen LogP contribution in [0.3, 0.4) is 0 Å². The number of nitrogens with zero attached hydrogens (tertiary/aromatic N) is 2. The van der Waals surface area contributed by atoms with Gasteiger partial charge in [-0.1, -0.05) is 42.5 Å². The summed E-state index contributed by atoms with van der Waals surface area (Å²) in [6, 6.07) is 24.8. The number of hydrogen-bond donors (Lipinski definition) is 1. The van der Waals surface area contributed by atoms with Gasteiger partial charge in [0.1, 0.15) is 31.3 Å². The number of hydrogen-bond acceptors (Lipinski definition) is 7. The lowest BCUT2D eigenvalue weighted by molar-refractivity contribution is -0.140. The largest absolute Gasteiger partial charge is 0.507 e. The van der Waals surface area contributed by atoms with Crippen LogP contribution in [0.1, 0.15) is 28.3 Å². The van der Waals surface area contributed by atoms with Crippen LogP contribution < -0.4 is 14.2 Å². The monoisotopic (exact) mass is 534 g/mol. The van der Waals surface area contributed by atoms with Gasteiger partial charge in [-0.05, 0) is 59.2 Å². The second-order valence-corrected chi connectivity index (χ2v) is 9.48. The summed E-state index contributed by atoms with van der Waals surface area (Å²) in [4.78, 5) is 32.3. The van der Waals surface area contributed by atoms with E-state index in [1.807, 2.05) is 42.5 Å². The molecule has 200 valence electrons. The highest BCUT2D eigenvalue weighted by Gasteiger charge is 2.46. The topological polar surface area (TPSA) is 98.2 Å². The van der Waals surface area contributed by atoms with Crippen molar-refractivity contribution in [3.8, 4) is 17.2 Å². The second kappa shape index (κ2) is 10.9. The lowest BCUT2D eigenvalue weighted by Crippen LogP contribution is -2.29. The predicted molar refractivity (Wildman–Crippen MR) is 147 cm³/mol. The molecule has 1 saturated heterocycles. The maximum absolute atomic E-state index is 13.4. The van der Waals surface area contributed by atoms with Gasteiger partial charge in [0.15, 0.2) is 11.5 Å². The summed E-state index contributed by atoms with van der Waals surface area (Å²) in [5, 5.41) is 11.4. The molecule has 0 bridgehead atoms. The third-order valence-electron chi connectivity index (χ3n) is 6.90. The first-order valence-corrected chi connectivity index (χ1v) is 12.9. The minimum Gasteiger partial charge on any atom is -0.507 e. The number of amides is 1. The van der Waals surface area contributed by atoms with Crippen LogP contribution in [-0.4, -0.2) is 39.9 Å². The summed E-state index contributed by atoms with van der Waals surface area (Å²) in [5.41, 5.74) is 2.88. The number of carbonyl (C=O) groups excluding carboxylic acids is 2. The Kier molecular flexibility index (Phi) is 6.89. The first-order chi connectivity index (χ1) is 19.6. The van der Waals surface area contributed by atoms with Crippen LogP contribution >= 0.6 is 0 Å². The summed E-state index contributed by atoms with van der Waals surface area (Å²) in [5.74, 6) is -0.0463. The molecular formula is C32H26N2O6. The third-order valence-corrected chi connectivity index (χ3v) is 6.90. The molecule has 2 aliphatic rings. The Morgan fingerprint density at radius 2 is 1.60 bits per heavy atom. The van der Waals surface area contributed by atoms with Crippen LogP contribution in [-0.2, 0) is 22.7 Å². The molecule has 0 spiro atoms. The van der Waals surface area contributed by atoms with E-state index in [0.29, 0.717) is 48.2 Å². The lowest BCUT2D eigenvalue weighted by atomic mass is 9.95. The number of fused-ring (bicyclic) bond motifs is 1. The molecule has 8 heteroatoms. The Hall–Kier alpha value is -5.11. The molecule has 3 aromatic carbocycles. The highest BCUT2D eigenvalue weighted by atomic mass is 16.6. The maximum Gasteiger partial charge on any atom is 0.295 e. The zero-order valence-electron chi connectivity index (χ0n) is 21.5. The highest BCUT2D eigenvalue weighted by molar-refractivity contribution is 6.46. The maximum atomic E-state index is 13.4. The molecule has 8 nitrogen and oxygen atoms in total. The van der Waals surface area contributed by atoms with Crippen LogP contribution in [0.2, 0.25) is 0 Å². The van der Waals surface area contributed by atoms with Crippen molar-refractivity contribution in [3.05, 3.63) is 125 Å². The van der Waals surface area contributed by atoms with Crippen molar-refractivity contribution in [2.75, 3.05) is 13.2 Å². The predicted octanol–water partition coefficient (Wildman–Crippen LogP) is 5.05. The van der Waals surface area contributed by atoms with Gasteiger partial charge in [0.25, 0.3) is 11.7 Å². The summed E-state index contributed by atoms with van der Waals surface area (Å²) in [6.45, 7) is 1.39. The lowest BCUT2D eigenvalue weighted by Gasteiger charge is -2.26. The van der Waals surface area contributed by atoms with Crippen molar-refractivity contribution in [2.24, 2.45) is 0 Å². The first kappa shape index (κ1) is 25.2. The SMILES string of the molecule is O=C1C(=O)N(Cc2ccncc2)C(c2ccc(OCc3ccccc3)cc2)/C1=C(/O)c1ccc2c(c1)OCCO2. The minimum absolute atomic E-state index is 0.00804. The van der Waals surface area contributed by atoms with Gasteiger partial charge in [0.2, 0.25) is 0 Å². The summed E-state index contributed by atoms with van der Waals surface area (Å²) >= 11 is 0. The van der Waals surface area contributed by atoms with Crippen molar-refractivity contribution < 1.29 is 28.9 Å². The number of aromatic nitrogens is 1. The molecule has 3 heterocycles. The number of carbonyl (C=O) groups is 2. The number of ketones is 1. The summed E-state index contributed by atoms with van der Waals surface area (Å²) in [7, 11) is 0. The van der Waals surface area contributed by atoms with Gasteiger partial charge in [-0.25, -0.2) is 0 Å². The normalized spacial score (nSPS) is 17.6. The fourth-order valence-corrected chi connectivity index (χ4v) is 4.91. The smallest absolute Gasteiger partial charge is 0.295 e. The summed E-state index contributed by atoms with van der Waals surface area (Å²) < 4.78 is 17.2. The van der Waals surface area contributed by atoms with E-state index in [4.69, 9.17) is 14.2 Å². The van der Waals surface area contributed by atoms with E-state index in [9.17, 15) is 14.7 Å². The Bertz CT molecular complexity index is 1570. The van der Waals surface area contributed by atoms with Gasteiger partial charge in [-0.2, -0.15) is 0 Å². The van der Waals surface area contributed by atoms with Gasteiger partial charge in [0, 0.05) is 24.5 Å². The van der Waals surface area contributed by atoms with E-state index in [0.717, 1.165) is 11.1 Å². The van der Waals surface area contributed by atoms with Gasteiger partial charge < -0.3 is 24.2 Å². The standard InChI is InChI=1S/C32H26N2O6/c35-30(24-8-11-26-27(18-24)39-17-16-38-26)28-29(34(32(37)31(28)36)19-21-12-14-33-15-13-21)23-6-9-25(10-7-23)40-20-22-4-2-1-3-5-22/h1-15,18,29,35H,16-17,19-20H2/b30-28-. The van der Waals surface area contributed by atoms with E-state index < -0.39 is 17.7 Å². The van der Waals surface area contributed by atoms with Crippen LogP contribution in [0.25, 0.3) is 5.76 Å². The molecule has 1 atom stereocenters. The number of ether oxygens (including phenoxy) is 3. The molecule has 1 unspecified atom stereocenters. The molecule has 4 aromatic rings. The average molecular weight is 535 g/mol. The van der Waals surface area contributed by atoms with Gasteiger partial charge in [0.05, 0.1) is 11.6 Å². The van der Waals surface area contributed by atoms with Crippen molar-refractivity contribution in [2.45, 2.75) is 19.2 Å². The zero-order valence-corrected chi connectivity index (χ0v) is 21.5. The molecule has 1 aromatic heterocycles. The number of rotatable bonds is 7. The van der Waals surface area contributed by atoms with Crippen molar-refractivity contribution in [3.63, 3.8) is 0 Å². The highest BCUT2D eigenvalue weighted by Crippen LogP contribution is 2.42. The van der Waals surface area contributed by atoms with Gasteiger partial charge >= 0.3 is 0 Å². The fourth-order valence-electron chi connectivity index (χ4n) is 4.91. The van der Waals surface area contributed by atoms with Crippen molar-refractivity contribution in [1.29, 1.82) is 0 Å². The molecule has 1 amide bonds. The van der Waals surface area contributed by atoms with E-state index in [-0.39, 0.29) is 17.9 Å². The first-order valence-electron chi connectivity index (χ1n) is 12.9. The number of likely N-dealkylation sites (tertiary alicyclic amines) is 1. The van der Waals surface area contributed by atoms with Crippen LogP contribution in [0, 0.1) is 0 Å². The third kappa shape index (κ3) is 4.99. The Morgan fingerprint density at radius 1 is 0.875 bits per heavy atom. The van der Waals surface area contributed by atoms with E-state index in [1.165, 1.54) is 4.90 Å². The Morgan fingerprint density at radius 3 is 2.35 bits per heavy atom. The average Bonchev–Trinajstić information content (AvgIpc) is 3.25. The molecule has 0 saturated carbocycles.